The number of amides is 1. The van der Waals surface area contributed by atoms with Crippen LogP contribution in [0.5, 0.6) is 0 Å². The molecular weight excluding hydrogens is 710 g/mol. The van der Waals surface area contributed by atoms with Gasteiger partial charge in [-0.25, -0.2) is 4.79 Å². The predicted molar refractivity (Wildman–Crippen MR) is 203 cm³/mol. The first-order chi connectivity index (χ1) is 25.9. The first-order valence-corrected chi connectivity index (χ1v) is 20.2. The Morgan fingerprint density at radius 3 is 2.18 bits per heavy atom. The Hall–Kier alpha value is -2.52. The number of aliphatic hydroxyl groups excluding tert-OH is 2. The van der Waals surface area contributed by atoms with Crippen LogP contribution < -0.4 is 0 Å². The summed E-state index contributed by atoms with van der Waals surface area (Å²) in [4.78, 5) is 57.3. The minimum absolute atomic E-state index is 0.00142. The van der Waals surface area contributed by atoms with Crippen molar-refractivity contribution in [3.8, 4) is 0 Å². The quantitative estimate of drug-likeness (QED) is 0.207. The van der Waals surface area contributed by atoms with Crippen LogP contribution in [0.2, 0.25) is 0 Å². The maximum Gasteiger partial charge on any atom is 0.329 e. The largest absolute Gasteiger partial charge is 0.456 e. The van der Waals surface area contributed by atoms with E-state index in [1.165, 1.54) is 19.1 Å². The van der Waals surface area contributed by atoms with Crippen molar-refractivity contribution >= 4 is 23.4 Å². The molecule has 14 unspecified atom stereocenters. The molecule has 55 heavy (non-hydrogen) atoms. The van der Waals surface area contributed by atoms with Crippen LogP contribution >= 0.6 is 0 Å². The van der Waals surface area contributed by atoms with Gasteiger partial charge < -0.3 is 43.9 Å². The van der Waals surface area contributed by atoms with Crippen LogP contribution in [-0.2, 0) is 42.9 Å². The molecule has 13 nitrogen and oxygen atoms in total. The number of hydrogen-bond acceptors (Lipinski definition) is 12. The van der Waals surface area contributed by atoms with Crippen LogP contribution in [0.25, 0.3) is 0 Å². The van der Waals surface area contributed by atoms with Gasteiger partial charge in [-0.15, -0.1) is 0 Å². The first kappa shape index (κ1) is 45.2. The molecule has 0 aromatic heterocycles. The van der Waals surface area contributed by atoms with E-state index in [1.807, 2.05) is 32.9 Å². The zero-order valence-corrected chi connectivity index (χ0v) is 34.4. The number of carbonyl (C=O) groups excluding carboxylic acids is 4. The zero-order valence-electron chi connectivity index (χ0n) is 34.4. The summed E-state index contributed by atoms with van der Waals surface area (Å²) in [5.41, 5.74) is 1.64. The highest BCUT2D eigenvalue weighted by molar-refractivity contribution is 6.39. The lowest BCUT2D eigenvalue weighted by Gasteiger charge is -2.47. The summed E-state index contributed by atoms with van der Waals surface area (Å²) in [6.07, 6.45) is 3.09. The number of allylic oxidation sites excluding steroid dienone is 3. The standard InChI is InChI=1S/C42H67NO12/c1-23-16-24(2)18-35(52-8)38-36(53-9)20-27(5)42(50,55-38)39(47)40(48)43-15-11-10-12-30(43)41(49)54-37(28(6)33(46)22-32(45)25(3)17-23)26(4)19-29-13-14-31(44)34(21-29)51-7/h17,19,24-25,27-31,33-38,44,46,50H,10-16,18,20-22H2,1-9H3/b23-17+,26-19+. The third-order valence-electron chi connectivity index (χ3n) is 12.6. The molecular formula is C42H67NO12. The lowest BCUT2D eigenvalue weighted by molar-refractivity contribution is -0.302. The molecule has 4 aliphatic rings. The van der Waals surface area contributed by atoms with Crippen LogP contribution in [0.3, 0.4) is 0 Å². The molecule has 0 radical (unpaired) electrons. The Kier molecular flexibility index (Phi) is 16.2. The number of aliphatic hydroxyl groups is 3. The zero-order chi connectivity index (χ0) is 40.8. The summed E-state index contributed by atoms with van der Waals surface area (Å²) in [5, 5.41) is 33.9. The highest BCUT2D eigenvalue weighted by Gasteiger charge is 2.56. The minimum Gasteiger partial charge on any atom is -0.456 e. The summed E-state index contributed by atoms with van der Waals surface area (Å²) in [6.45, 7) is 11.1. The molecule has 1 aliphatic carbocycles. The minimum atomic E-state index is -2.50. The first-order valence-electron chi connectivity index (χ1n) is 20.2. The van der Waals surface area contributed by atoms with E-state index in [1.54, 1.807) is 27.9 Å². The highest BCUT2D eigenvalue weighted by atomic mass is 16.7. The summed E-state index contributed by atoms with van der Waals surface area (Å²) in [6, 6.07) is -1.13. The topological polar surface area (TPSA) is 178 Å². The number of ketones is 2. The van der Waals surface area contributed by atoms with Crippen molar-refractivity contribution in [3.63, 3.8) is 0 Å². The SMILES string of the molecule is COC1CC(/C=C(\C)C2OC(=O)C3CCCCN3C(=O)C(=O)C3(O)OC(C(OC)CC(C)C/C(C)=C/C(C)C(=O)CC(O)C2C)C(OC)CC3C)CCC1O. The third-order valence-corrected chi connectivity index (χ3v) is 12.6. The van der Waals surface area contributed by atoms with Gasteiger partial charge in [0.15, 0.2) is 0 Å². The normalized spacial score (nSPS) is 42.1. The molecule has 3 aliphatic heterocycles. The second-order valence-electron chi connectivity index (χ2n) is 16.9. The Morgan fingerprint density at radius 1 is 0.873 bits per heavy atom. The third kappa shape index (κ3) is 10.7. The van der Waals surface area contributed by atoms with Gasteiger partial charge in [0.1, 0.15) is 24.0 Å². The maximum absolute atomic E-state index is 14.2. The summed E-state index contributed by atoms with van der Waals surface area (Å²) < 4.78 is 29.6. The Morgan fingerprint density at radius 2 is 1.53 bits per heavy atom. The molecule has 0 aromatic carbocycles. The van der Waals surface area contributed by atoms with Gasteiger partial charge in [-0.1, -0.05) is 45.4 Å². The average molecular weight is 778 g/mol. The number of ether oxygens (including phenoxy) is 5. The number of Topliss-reactive ketones (excluding diaryl/α,β-unsaturated/α-hetero) is 2. The number of esters is 1. The van der Waals surface area contributed by atoms with Gasteiger partial charge in [-0.05, 0) is 89.0 Å². The number of carbonyl (C=O) groups is 4. The number of fused-ring (bicyclic) bond motifs is 3. The van der Waals surface area contributed by atoms with Crippen LogP contribution in [0.15, 0.2) is 23.3 Å². The number of piperidine rings is 1. The summed E-state index contributed by atoms with van der Waals surface area (Å²) in [7, 11) is 4.62. The van der Waals surface area contributed by atoms with E-state index in [4.69, 9.17) is 23.7 Å². The predicted octanol–water partition coefficient (Wildman–Crippen LogP) is 4.08. The van der Waals surface area contributed by atoms with Crippen molar-refractivity contribution in [2.24, 2.45) is 29.6 Å². The van der Waals surface area contributed by atoms with Gasteiger partial charge in [-0.3, -0.25) is 14.4 Å². The molecule has 3 heterocycles. The molecule has 3 N–H and O–H groups in total. The fourth-order valence-corrected chi connectivity index (χ4v) is 9.16. The van der Waals surface area contributed by atoms with Crippen molar-refractivity contribution in [2.45, 2.75) is 160 Å². The van der Waals surface area contributed by atoms with Crippen molar-refractivity contribution in [1.82, 2.24) is 4.90 Å². The molecule has 2 saturated heterocycles. The van der Waals surface area contributed by atoms with E-state index >= 15 is 0 Å². The summed E-state index contributed by atoms with van der Waals surface area (Å²) in [5.74, 6) is -7.59. The van der Waals surface area contributed by atoms with Crippen molar-refractivity contribution in [2.75, 3.05) is 27.9 Å². The lowest BCUT2D eigenvalue weighted by atomic mass is 9.82. The molecule has 0 aromatic rings. The number of rotatable bonds is 5. The van der Waals surface area contributed by atoms with Crippen LogP contribution in [0.4, 0.5) is 0 Å². The van der Waals surface area contributed by atoms with Gasteiger partial charge in [0.05, 0.1) is 30.5 Å². The molecule has 312 valence electrons. The molecule has 13 heteroatoms. The molecule has 14 atom stereocenters. The van der Waals surface area contributed by atoms with Crippen molar-refractivity contribution in [3.05, 3.63) is 23.3 Å². The van der Waals surface area contributed by atoms with Gasteiger partial charge in [-0.2, -0.15) is 0 Å². The number of nitrogens with zero attached hydrogens (tertiary/aromatic N) is 1. The number of cyclic esters (lactones) is 1. The van der Waals surface area contributed by atoms with Crippen molar-refractivity contribution < 1.29 is 58.2 Å². The summed E-state index contributed by atoms with van der Waals surface area (Å²) >= 11 is 0. The van der Waals surface area contributed by atoms with Crippen LogP contribution in [0, 0.1) is 29.6 Å². The fourth-order valence-electron chi connectivity index (χ4n) is 9.16. The fraction of sp³-hybridized carbons (Fsp3) is 0.810. The maximum atomic E-state index is 14.2. The average Bonchev–Trinajstić information content (AvgIpc) is 3.15. The number of hydrogen-bond donors (Lipinski definition) is 3. The molecule has 2 bridgehead atoms. The molecule has 1 saturated carbocycles. The van der Waals surface area contributed by atoms with E-state index < -0.39 is 83.9 Å². The van der Waals surface area contributed by atoms with E-state index in [9.17, 15) is 34.5 Å². The lowest BCUT2D eigenvalue weighted by Crippen LogP contribution is -2.64. The van der Waals surface area contributed by atoms with Crippen LogP contribution in [-0.4, -0.2) is 126 Å². The van der Waals surface area contributed by atoms with E-state index in [2.05, 4.69) is 0 Å². The number of methoxy groups -OCH3 is 3. The van der Waals surface area contributed by atoms with Gasteiger partial charge in [0, 0.05) is 52.0 Å². The van der Waals surface area contributed by atoms with E-state index in [0.717, 1.165) is 5.57 Å². The molecule has 0 spiro atoms. The van der Waals surface area contributed by atoms with E-state index in [0.29, 0.717) is 50.5 Å². The molecule has 1 amide bonds. The van der Waals surface area contributed by atoms with Gasteiger partial charge in [0.2, 0.25) is 5.79 Å². The Bertz CT molecular complexity index is 1410. The van der Waals surface area contributed by atoms with Crippen molar-refractivity contribution in [1.29, 1.82) is 0 Å². The smallest absolute Gasteiger partial charge is 0.329 e. The molecule has 4 rings (SSSR count). The monoisotopic (exact) mass is 777 g/mol. The van der Waals surface area contributed by atoms with Crippen LogP contribution in [0.1, 0.15) is 106 Å². The van der Waals surface area contributed by atoms with Gasteiger partial charge in [0.25, 0.3) is 11.7 Å². The van der Waals surface area contributed by atoms with Gasteiger partial charge >= 0.3 is 5.97 Å². The second-order valence-corrected chi connectivity index (χ2v) is 16.9. The van der Waals surface area contributed by atoms with E-state index in [-0.39, 0.29) is 49.5 Å². The Balaban J connectivity index is 1.75. The highest BCUT2D eigenvalue weighted by Crippen LogP contribution is 2.39. The second kappa shape index (κ2) is 19.8. The Labute approximate surface area is 327 Å². The molecule has 3 fully saturated rings.